The molecule has 7 heteroatoms. The number of nitrogens with zero attached hydrogens (tertiary/aromatic N) is 1. The second-order valence-corrected chi connectivity index (χ2v) is 4.86. The van der Waals surface area contributed by atoms with Crippen molar-refractivity contribution in [3.05, 3.63) is 34.6 Å². The maximum Gasteiger partial charge on any atom is 0.419 e. The van der Waals surface area contributed by atoms with Crippen molar-refractivity contribution in [1.29, 1.82) is 0 Å². The van der Waals surface area contributed by atoms with Crippen LogP contribution in [0.5, 0.6) is 0 Å². The molecule has 1 heterocycles. The summed E-state index contributed by atoms with van der Waals surface area (Å²) in [6.07, 6.45) is -0.222. The highest BCUT2D eigenvalue weighted by molar-refractivity contribution is 8.13. The van der Waals surface area contributed by atoms with Crippen LogP contribution in [-0.4, -0.2) is 15.9 Å². The summed E-state index contributed by atoms with van der Waals surface area (Å²) >= 11 is 6.45. The van der Waals surface area contributed by atoms with Gasteiger partial charge in [-0.2, -0.15) is 13.2 Å². The topological polar surface area (TPSA) is 30.0 Å². The summed E-state index contributed by atoms with van der Waals surface area (Å²) in [4.78, 5) is 14.1. The standard InChI is InChI=1S/C11H9ClF3NOS/c1-7(17)18-4-2-3-8-5-9(11(13,14)15)10(12)16-6-8/h2-3,5-6H,4H2,1H3. The van der Waals surface area contributed by atoms with E-state index >= 15 is 0 Å². The minimum absolute atomic E-state index is 0.0511. The third-order valence-corrected chi connectivity index (χ3v) is 2.93. The largest absolute Gasteiger partial charge is 0.419 e. The monoisotopic (exact) mass is 295 g/mol. The smallest absolute Gasteiger partial charge is 0.288 e. The lowest BCUT2D eigenvalue weighted by atomic mass is 10.2. The van der Waals surface area contributed by atoms with Crippen molar-refractivity contribution in [2.75, 3.05) is 5.75 Å². The Morgan fingerprint density at radius 1 is 1.56 bits per heavy atom. The molecule has 0 amide bonds. The number of aromatic nitrogens is 1. The Hall–Kier alpha value is -1.01. The van der Waals surface area contributed by atoms with Gasteiger partial charge in [0.2, 0.25) is 0 Å². The van der Waals surface area contributed by atoms with E-state index in [1.807, 2.05) is 0 Å². The van der Waals surface area contributed by atoms with Gasteiger partial charge in [-0.25, -0.2) is 4.98 Å². The lowest BCUT2D eigenvalue weighted by Crippen LogP contribution is -2.07. The van der Waals surface area contributed by atoms with Crippen LogP contribution in [0.15, 0.2) is 18.3 Å². The average Bonchev–Trinajstić information content (AvgIpc) is 2.24. The minimum atomic E-state index is -4.53. The zero-order valence-electron chi connectivity index (χ0n) is 9.29. The summed E-state index contributed by atoms with van der Waals surface area (Å²) in [6, 6.07) is 0.921. The van der Waals surface area contributed by atoms with Crippen molar-refractivity contribution in [3.63, 3.8) is 0 Å². The molecule has 0 radical (unpaired) electrons. The molecule has 0 spiro atoms. The summed E-state index contributed by atoms with van der Waals surface area (Å²) in [7, 11) is 0. The lowest BCUT2D eigenvalue weighted by molar-refractivity contribution is -0.137. The van der Waals surface area contributed by atoms with Crippen LogP contribution in [0.2, 0.25) is 5.15 Å². The lowest BCUT2D eigenvalue weighted by Gasteiger charge is -2.08. The fourth-order valence-electron chi connectivity index (χ4n) is 1.10. The van der Waals surface area contributed by atoms with Gasteiger partial charge in [-0.15, -0.1) is 0 Å². The Morgan fingerprint density at radius 3 is 2.78 bits per heavy atom. The first-order valence-electron chi connectivity index (χ1n) is 4.83. The van der Waals surface area contributed by atoms with Crippen LogP contribution >= 0.6 is 23.4 Å². The normalized spacial score (nSPS) is 12.1. The van der Waals surface area contributed by atoms with E-state index in [1.54, 1.807) is 6.08 Å². The number of carbonyl (C=O) groups is 1. The quantitative estimate of drug-likeness (QED) is 0.788. The van der Waals surface area contributed by atoms with Crippen molar-refractivity contribution >= 4 is 34.6 Å². The Labute approximate surface area is 111 Å². The molecule has 98 valence electrons. The van der Waals surface area contributed by atoms with Gasteiger partial charge in [-0.3, -0.25) is 4.79 Å². The summed E-state index contributed by atoms with van der Waals surface area (Å²) < 4.78 is 37.6. The van der Waals surface area contributed by atoms with Crippen molar-refractivity contribution in [2.24, 2.45) is 0 Å². The van der Waals surface area contributed by atoms with Crippen molar-refractivity contribution in [1.82, 2.24) is 4.98 Å². The Bertz CT molecular complexity index is 474. The molecule has 0 fully saturated rings. The third-order valence-electron chi connectivity index (χ3n) is 1.86. The summed E-state index contributed by atoms with van der Waals surface area (Å²) in [5, 5.41) is -0.623. The third kappa shape index (κ3) is 4.70. The highest BCUT2D eigenvalue weighted by Crippen LogP contribution is 2.34. The van der Waals surface area contributed by atoms with Gasteiger partial charge >= 0.3 is 6.18 Å². The molecule has 0 aromatic carbocycles. The van der Waals surface area contributed by atoms with E-state index in [0.29, 0.717) is 5.75 Å². The first-order valence-corrected chi connectivity index (χ1v) is 6.19. The predicted molar refractivity (Wildman–Crippen MR) is 66.4 cm³/mol. The Balaban J connectivity index is 2.83. The molecule has 0 N–H and O–H groups in total. The SMILES string of the molecule is CC(=O)SCC=Cc1cnc(Cl)c(C(F)(F)F)c1. The molecule has 0 saturated carbocycles. The van der Waals surface area contributed by atoms with E-state index in [0.717, 1.165) is 17.8 Å². The fourth-order valence-corrected chi connectivity index (χ4v) is 1.74. The highest BCUT2D eigenvalue weighted by atomic mass is 35.5. The second-order valence-electron chi connectivity index (χ2n) is 3.31. The van der Waals surface area contributed by atoms with Crippen LogP contribution < -0.4 is 0 Å². The van der Waals surface area contributed by atoms with Crippen LogP contribution in [0.1, 0.15) is 18.1 Å². The molecule has 0 aliphatic carbocycles. The Morgan fingerprint density at radius 2 is 2.22 bits per heavy atom. The van der Waals surface area contributed by atoms with Crippen molar-refractivity contribution in [3.8, 4) is 0 Å². The van der Waals surface area contributed by atoms with E-state index < -0.39 is 16.9 Å². The van der Waals surface area contributed by atoms with Crippen molar-refractivity contribution in [2.45, 2.75) is 13.1 Å². The molecular weight excluding hydrogens is 287 g/mol. The Kier molecular flexibility index (Phi) is 5.22. The van der Waals surface area contributed by atoms with Crippen LogP contribution in [0, 0.1) is 0 Å². The highest BCUT2D eigenvalue weighted by Gasteiger charge is 2.33. The van der Waals surface area contributed by atoms with Gasteiger partial charge in [-0.1, -0.05) is 35.5 Å². The van der Waals surface area contributed by atoms with Gasteiger partial charge in [0.05, 0.1) is 5.56 Å². The van der Waals surface area contributed by atoms with Crippen LogP contribution in [0.25, 0.3) is 6.08 Å². The number of rotatable bonds is 3. The second kappa shape index (κ2) is 6.24. The number of alkyl halides is 3. The van der Waals surface area contributed by atoms with Crippen LogP contribution in [0.3, 0.4) is 0 Å². The first kappa shape index (κ1) is 15.0. The maximum absolute atomic E-state index is 12.5. The number of pyridine rings is 1. The molecule has 2 nitrogen and oxygen atoms in total. The van der Waals surface area contributed by atoms with Gasteiger partial charge < -0.3 is 0 Å². The average molecular weight is 296 g/mol. The number of thioether (sulfide) groups is 1. The van der Waals surface area contributed by atoms with Gasteiger partial charge in [0.15, 0.2) is 5.12 Å². The number of hydrogen-bond acceptors (Lipinski definition) is 3. The molecule has 0 atom stereocenters. The summed E-state index contributed by atoms with van der Waals surface area (Å²) in [6.45, 7) is 1.42. The fraction of sp³-hybridized carbons (Fsp3) is 0.273. The van der Waals surface area contributed by atoms with E-state index in [2.05, 4.69) is 4.98 Å². The van der Waals surface area contributed by atoms with Gasteiger partial charge in [0.25, 0.3) is 0 Å². The molecule has 0 saturated heterocycles. The zero-order valence-corrected chi connectivity index (χ0v) is 10.9. The molecule has 1 rings (SSSR count). The molecule has 0 aliphatic rings. The number of hydrogen-bond donors (Lipinski definition) is 0. The number of halogens is 4. The molecule has 1 aromatic heterocycles. The van der Waals surface area contributed by atoms with Gasteiger partial charge in [0, 0.05) is 18.9 Å². The molecule has 1 aromatic rings. The first-order chi connectivity index (χ1) is 8.30. The van der Waals surface area contributed by atoms with Gasteiger partial charge in [0.1, 0.15) is 5.15 Å². The van der Waals surface area contributed by atoms with Crippen LogP contribution in [-0.2, 0) is 11.0 Å². The molecule has 0 bridgehead atoms. The van der Waals surface area contributed by atoms with Crippen molar-refractivity contribution < 1.29 is 18.0 Å². The minimum Gasteiger partial charge on any atom is -0.288 e. The van der Waals surface area contributed by atoms with E-state index in [9.17, 15) is 18.0 Å². The van der Waals surface area contributed by atoms with E-state index in [-0.39, 0.29) is 10.7 Å². The zero-order chi connectivity index (χ0) is 13.8. The van der Waals surface area contributed by atoms with E-state index in [1.165, 1.54) is 19.2 Å². The molecule has 0 unspecified atom stereocenters. The van der Waals surface area contributed by atoms with E-state index in [4.69, 9.17) is 11.6 Å². The maximum atomic E-state index is 12.5. The molecule has 0 aliphatic heterocycles. The van der Waals surface area contributed by atoms with Crippen LogP contribution in [0.4, 0.5) is 13.2 Å². The summed E-state index contributed by atoms with van der Waals surface area (Å²) in [5.41, 5.74) is -0.679. The number of carbonyl (C=O) groups excluding carboxylic acids is 1. The van der Waals surface area contributed by atoms with Gasteiger partial charge in [-0.05, 0) is 11.6 Å². The molecular formula is C11H9ClF3NOS. The predicted octanol–water partition coefficient (Wildman–Crippen LogP) is 4.05. The molecule has 18 heavy (non-hydrogen) atoms. The summed E-state index contributed by atoms with van der Waals surface area (Å²) in [5.74, 6) is 0.402.